The molecule has 0 bridgehead atoms. The van der Waals surface area contributed by atoms with Gasteiger partial charge in [0.1, 0.15) is 11.5 Å². The molecule has 1 heterocycles. The molecule has 1 aromatic rings. The standard InChI is InChI=1S/C14H24N2O2/c1-9(2)16(6)14(17)12(5)15-11(4)13-8-7-10(3)18-13/h7-9,11-12,15H,1-6H3. The van der Waals surface area contributed by atoms with Crippen molar-refractivity contribution in [2.75, 3.05) is 7.05 Å². The van der Waals surface area contributed by atoms with Crippen LogP contribution in [0.3, 0.4) is 0 Å². The number of likely N-dealkylation sites (N-methyl/N-ethyl adjacent to an activating group) is 1. The Balaban J connectivity index is 2.59. The number of furan rings is 1. The summed E-state index contributed by atoms with van der Waals surface area (Å²) in [6, 6.07) is 3.88. The number of rotatable bonds is 5. The van der Waals surface area contributed by atoms with Crippen LogP contribution in [0.25, 0.3) is 0 Å². The Labute approximate surface area is 109 Å². The average molecular weight is 252 g/mol. The fourth-order valence-electron chi connectivity index (χ4n) is 1.77. The van der Waals surface area contributed by atoms with Crippen LogP contribution in [0.5, 0.6) is 0 Å². The third-order valence-corrected chi connectivity index (χ3v) is 3.18. The van der Waals surface area contributed by atoms with E-state index in [1.165, 1.54) is 0 Å². The van der Waals surface area contributed by atoms with Gasteiger partial charge >= 0.3 is 0 Å². The van der Waals surface area contributed by atoms with Crippen LogP contribution >= 0.6 is 0 Å². The minimum absolute atomic E-state index is 0.0261. The number of nitrogens with one attached hydrogen (secondary N) is 1. The molecule has 0 saturated heterocycles. The van der Waals surface area contributed by atoms with Gasteiger partial charge in [0.15, 0.2) is 0 Å². The first-order valence-electron chi connectivity index (χ1n) is 6.42. The van der Waals surface area contributed by atoms with Crippen LogP contribution in [0.2, 0.25) is 0 Å². The monoisotopic (exact) mass is 252 g/mol. The SMILES string of the molecule is Cc1ccc(C(C)NC(C)C(=O)N(C)C(C)C)o1. The maximum atomic E-state index is 12.1. The van der Waals surface area contributed by atoms with Gasteiger partial charge in [0.05, 0.1) is 12.1 Å². The maximum absolute atomic E-state index is 12.1. The molecule has 4 heteroatoms. The van der Waals surface area contributed by atoms with Crippen molar-refractivity contribution in [3.05, 3.63) is 23.7 Å². The molecule has 1 rings (SSSR count). The number of amides is 1. The molecule has 1 aromatic heterocycles. The molecule has 0 aromatic carbocycles. The van der Waals surface area contributed by atoms with Gasteiger partial charge in [-0.2, -0.15) is 0 Å². The lowest BCUT2D eigenvalue weighted by Crippen LogP contribution is -2.46. The Hall–Kier alpha value is -1.29. The summed E-state index contributed by atoms with van der Waals surface area (Å²) in [5.41, 5.74) is 0. The van der Waals surface area contributed by atoms with Gasteiger partial charge in [-0.05, 0) is 46.8 Å². The van der Waals surface area contributed by atoms with Gasteiger partial charge in [-0.1, -0.05) is 0 Å². The van der Waals surface area contributed by atoms with Crippen LogP contribution in [0.4, 0.5) is 0 Å². The molecule has 2 unspecified atom stereocenters. The summed E-state index contributed by atoms with van der Waals surface area (Å²) < 4.78 is 5.55. The highest BCUT2D eigenvalue weighted by Gasteiger charge is 2.22. The molecule has 4 nitrogen and oxygen atoms in total. The summed E-state index contributed by atoms with van der Waals surface area (Å²) in [7, 11) is 1.83. The van der Waals surface area contributed by atoms with Gasteiger partial charge in [-0.15, -0.1) is 0 Å². The van der Waals surface area contributed by atoms with Crippen LogP contribution in [-0.2, 0) is 4.79 Å². The summed E-state index contributed by atoms with van der Waals surface area (Å²) in [5, 5.41) is 3.26. The van der Waals surface area contributed by atoms with Crippen molar-refractivity contribution in [2.45, 2.75) is 52.7 Å². The highest BCUT2D eigenvalue weighted by molar-refractivity contribution is 5.81. The molecule has 0 saturated carbocycles. The second kappa shape index (κ2) is 6.05. The molecule has 18 heavy (non-hydrogen) atoms. The van der Waals surface area contributed by atoms with Crippen LogP contribution in [0.1, 0.15) is 45.3 Å². The van der Waals surface area contributed by atoms with Gasteiger partial charge in [0.25, 0.3) is 0 Å². The third-order valence-electron chi connectivity index (χ3n) is 3.18. The smallest absolute Gasteiger partial charge is 0.239 e. The summed E-state index contributed by atoms with van der Waals surface area (Å²) in [4.78, 5) is 13.8. The molecule has 0 aliphatic rings. The van der Waals surface area contributed by atoms with E-state index in [2.05, 4.69) is 5.32 Å². The highest BCUT2D eigenvalue weighted by Crippen LogP contribution is 2.16. The van der Waals surface area contributed by atoms with Crippen LogP contribution in [0.15, 0.2) is 16.5 Å². The lowest BCUT2D eigenvalue weighted by molar-refractivity contribution is -0.133. The normalized spacial score (nSPS) is 14.6. The molecular weight excluding hydrogens is 228 g/mol. The van der Waals surface area contributed by atoms with Crippen molar-refractivity contribution >= 4 is 5.91 Å². The largest absolute Gasteiger partial charge is 0.465 e. The van der Waals surface area contributed by atoms with Gasteiger partial charge in [0, 0.05) is 13.1 Å². The van der Waals surface area contributed by atoms with E-state index >= 15 is 0 Å². The summed E-state index contributed by atoms with van der Waals surface area (Å²) >= 11 is 0. The first kappa shape index (κ1) is 14.8. The number of carbonyl (C=O) groups excluding carboxylic acids is 1. The number of hydrogen-bond acceptors (Lipinski definition) is 3. The molecule has 0 fully saturated rings. The van der Waals surface area contributed by atoms with Gasteiger partial charge in [-0.3, -0.25) is 10.1 Å². The minimum atomic E-state index is -0.224. The van der Waals surface area contributed by atoms with Crippen molar-refractivity contribution in [1.29, 1.82) is 0 Å². The number of carbonyl (C=O) groups is 1. The second-order valence-electron chi connectivity index (χ2n) is 5.10. The molecule has 0 aliphatic carbocycles. The molecule has 1 N–H and O–H groups in total. The van der Waals surface area contributed by atoms with Crippen LogP contribution in [0, 0.1) is 6.92 Å². The Morgan fingerprint density at radius 2 is 1.89 bits per heavy atom. The van der Waals surface area contributed by atoms with Crippen molar-refractivity contribution in [2.24, 2.45) is 0 Å². The molecule has 102 valence electrons. The highest BCUT2D eigenvalue weighted by atomic mass is 16.3. The molecule has 0 spiro atoms. The van der Waals surface area contributed by atoms with E-state index in [4.69, 9.17) is 4.42 Å². The molecule has 0 radical (unpaired) electrons. The van der Waals surface area contributed by atoms with E-state index in [0.29, 0.717) is 0 Å². The first-order chi connectivity index (χ1) is 8.32. The van der Waals surface area contributed by atoms with E-state index in [0.717, 1.165) is 11.5 Å². The predicted octanol–water partition coefficient (Wildman–Crippen LogP) is 2.49. The average Bonchev–Trinajstić information content (AvgIpc) is 2.73. The molecular formula is C14H24N2O2. The third kappa shape index (κ3) is 3.60. The van der Waals surface area contributed by atoms with Crippen molar-refractivity contribution < 1.29 is 9.21 Å². The second-order valence-corrected chi connectivity index (χ2v) is 5.10. The van der Waals surface area contributed by atoms with E-state index in [9.17, 15) is 4.79 Å². The molecule has 0 aliphatic heterocycles. The van der Waals surface area contributed by atoms with Crippen molar-refractivity contribution in [3.8, 4) is 0 Å². The fraction of sp³-hybridized carbons (Fsp3) is 0.643. The Morgan fingerprint density at radius 3 is 2.33 bits per heavy atom. The lowest BCUT2D eigenvalue weighted by atomic mass is 10.2. The van der Waals surface area contributed by atoms with Crippen molar-refractivity contribution in [3.63, 3.8) is 0 Å². The topological polar surface area (TPSA) is 45.5 Å². The number of aryl methyl sites for hydroxylation is 1. The predicted molar refractivity (Wildman–Crippen MR) is 72.4 cm³/mol. The van der Waals surface area contributed by atoms with Gasteiger partial charge in [-0.25, -0.2) is 0 Å². The maximum Gasteiger partial charge on any atom is 0.239 e. The zero-order valence-electron chi connectivity index (χ0n) is 12.2. The Kier molecular flexibility index (Phi) is 4.96. The Morgan fingerprint density at radius 1 is 1.28 bits per heavy atom. The van der Waals surface area contributed by atoms with Gasteiger partial charge < -0.3 is 9.32 Å². The summed E-state index contributed by atoms with van der Waals surface area (Å²) in [5.74, 6) is 1.84. The quantitative estimate of drug-likeness (QED) is 0.875. The number of hydrogen-bond donors (Lipinski definition) is 1. The zero-order valence-corrected chi connectivity index (χ0v) is 12.2. The van der Waals surface area contributed by atoms with Gasteiger partial charge in [0.2, 0.25) is 5.91 Å². The molecule has 1 amide bonds. The van der Waals surface area contributed by atoms with Crippen LogP contribution < -0.4 is 5.32 Å². The first-order valence-corrected chi connectivity index (χ1v) is 6.42. The summed E-state index contributed by atoms with van der Waals surface area (Å²) in [6.45, 7) is 9.80. The van der Waals surface area contributed by atoms with Crippen LogP contribution in [-0.4, -0.2) is 29.9 Å². The Bertz CT molecular complexity index is 398. The van der Waals surface area contributed by atoms with E-state index < -0.39 is 0 Å². The minimum Gasteiger partial charge on any atom is -0.465 e. The lowest BCUT2D eigenvalue weighted by Gasteiger charge is -2.27. The zero-order chi connectivity index (χ0) is 13.9. The van der Waals surface area contributed by atoms with Crippen molar-refractivity contribution in [1.82, 2.24) is 10.2 Å². The van der Waals surface area contributed by atoms with E-state index in [1.54, 1.807) is 4.90 Å². The van der Waals surface area contributed by atoms with E-state index in [1.807, 2.05) is 53.8 Å². The fourth-order valence-corrected chi connectivity index (χ4v) is 1.77. The summed E-state index contributed by atoms with van der Waals surface area (Å²) in [6.07, 6.45) is 0. The molecule has 2 atom stereocenters. The number of nitrogens with zero attached hydrogens (tertiary/aromatic N) is 1. The van der Waals surface area contributed by atoms with E-state index in [-0.39, 0.29) is 24.0 Å².